The van der Waals surface area contributed by atoms with E-state index in [9.17, 15) is 10.0 Å². The molecule has 4 rings (SSSR count). The molecular weight excluding hydrogens is 434 g/mol. The average molecular weight is 484 g/mol. The van der Waals surface area contributed by atoms with Gasteiger partial charge in [-0.05, 0) is 97.4 Å². The van der Waals surface area contributed by atoms with E-state index in [1.807, 2.05) is 0 Å². The van der Waals surface area contributed by atoms with E-state index < -0.39 is 0 Å². The summed E-state index contributed by atoms with van der Waals surface area (Å²) in [6.45, 7) is 15.9. The molecule has 0 bridgehead atoms. The number of carbonyl (C=O) groups is 1. The standard InChI is InChI=1S/C31H49NO3/c1-8-22(19(2)3)10-9-20(4)25-11-12-26-29-27(14-16-31(25,26)7)30(6)15-13-24(35-21(5)33)17-23(30)18-28(29)32-34/h9-10,18-20,22,24-27,29,34H,8,11-17H2,1-7H3/b10-9?,32-28-/t20-,22-,24+,25-,26+,27+,29+,30+,31-/m1/s1. The van der Waals surface area contributed by atoms with Crippen molar-refractivity contribution in [3.8, 4) is 0 Å². The molecule has 3 saturated carbocycles. The van der Waals surface area contributed by atoms with Crippen LogP contribution < -0.4 is 0 Å². The maximum absolute atomic E-state index is 11.6. The number of carbonyl (C=O) groups excluding carboxylic acids is 1. The van der Waals surface area contributed by atoms with Gasteiger partial charge in [0.25, 0.3) is 0 Å². The van der Waals surface area contributed by atoms with Crippen molar-refractivity contribution < 1.29 is 14.7 Å². The van der Waals surface area contributed by atoms with Crippen LogP contribution in [0.15, 0.2) is 29.0 Å². The summed E-state index contributed by atoms with van der Waals surface area (Å²) < 4.78 is 5.59. The molecule has 0 heterocycles. The minimum Gasteiger partial charge on any atom is -0.462 e. The lowest BCUT2D eigenvalue weighted by Crippen LogP contribution is -2.53. The molecule has 0 aromatic carbocycles. The normalized spacial score (nSPS) is 41.8. The van der Waals surface area contributed by atoms with Gasteiger partial charge in [0.1, 0.15) is 6.10 Å². The van der Waals surface area contributed by atoms with Gasteiger partial charge in [0.05, 0.1) is 5.71 Å². The summed E-state index contributed by atoms with van der Waals surface area (Å²) in [7, 11) is 0. The third kappa shape index (κ3) is 4.64. The maximum atomic E-state index is 11.6. The zero-order valence-electron chi connectivity index (χ0n) is 23.2. The maximum Gasteiger partial charge on any atom is 0.302 e. The zero-order chi connectivity index (χ0) is 25.5. The van der Waals surface area contributed by atoms with Crippen LogP contribution in [-0.4, -0.2) is 23.0 Å². The molecule has 3 fully saturated rings. The Bertz CT molecular complexity index is 888. The number of nitrogens with zero attached hydrogens (tertiary/aromatic N) is 1. The number of fused-ring (bicyclic) bond motifs is 5. The van der Waals surface area contributed by atoms with Crippen LogP contribution in [0, 0.1) is 52.3 Å². The number of rotatable bonds is 6. The second kappa shape index (κ2) is 10.1. The largest absolute Gasteiger partial charge is 0.462 e. The lowest BCUT2D eigenvalue weighted by atomic mass is 9.46. The second-order valence-electron chi connectivity index (χ2n) is 13.1. The fraction of sp³-hybridized carbons (Fsp3) is 0.806. The van der Waals surface area contributed by atoms with Crippen LogP contribution in [0.5, 0.6) is 0 Å². The number of ether oxygens (including phenoxy) is 1. The average Bonchev–Trinajstić information content (AvgIpc) is 3.16. The van der Waals surface area contributed by atoms with Crippen molar-refractivity contribution >= 4 is 11.7 Å². The van der Waals surface area contributed by atoms with Crippen LogP contribution in [0.25, 0.3) is 0 Å². The summed E-state index contributed by atoms with van der Waals surface area (Å²) in [4.78, 5) is 11.6. The highest BCUT2D eigenvalue weighted by atomic mass is 16.5. The smallest absolute Gasteiger partial charge is 0.302 e. The summed E-state index contributed by atoms with van der Waals surface area (Å²) >= 11 is 0. The van der Waals surface area contributed by atoms with Gasteiger partial charge in [0, 0.05) is 19.3 Å². The molecule has 4 aliphatic carbocycles. The minimum absolute atomic E-state index is 0.0431. The van der Waals surface area contributed by atoms with Gasteiger partial charge in [0.2, 0.25) is 0 Å². The van der Waals surface area contributed by atoms with Crippen LogP contribution in [0.2, 0.25) is 0 Å². The van der Waals surface area contributed by atoms with Crippen molar-refractivity contribution in [2.45, 2.75) is 106 Å². The predicted molar refractivity (Wildman–Crippen MR) is 142 cm³/mol. The van der Waals surface area contributed by atoms with Crippen molar-refractivity contribution in [1.82, 2.24) is 0 Å². The van der Waals surface area contributed by atoms with E-state index in [0.717, 1.165) is 25.0 Å². The fourth-order valence-corrected chi connectivity index (χ4v) is 9.01. The van der Waals surface area contributed by atoms with Gasteiger partial charge in [0.15, 0.2) is 0 Å². The third-order valence-corrected chi connectivity index (χ3v) is 11.1. The van der Waals surface area contributed by atoms with Gasteiger partial charge in [-0.3, -0.25) is 4.79 Å². The quantitative estimate of drug-likeness (QED) is 0.181. The van der Waals surface area contributed by atoms with Crippen LogP contribution >= 0.6 is 0 Å². The molecule has 4 nitrogen and oxygen atoms in total. The van der Waals surface area contributed by atoms with E-state index >= 15 is 0 Å². The minimum atomic E-state index is -0.198. The van der Waals surface area contributed by atoms with Crippen molar-refractivity contribution in [3.05, 3.63) is 23.8 Å². The summed E-state index contributed by atoms with van der Waals surface area (Å²) in [5.74, 6) is 3.83. The van der Waals surface area contributed by atoms with E-state index in [1.165, 1.54) is 44.6 Å². The highest BCUT2D eigenvalue weighted by molar-refractivity contribution is 5.99. The molecule has 0 spiro atoms. The number of allylic oxidation sites excluding steroid dienone is 3. The first-order chi connectivity index (χ1) is 16.5. The Labute approximate surface area is 213 Å². The molecule has 4 heteroatoms. The topological polar surface area (TPSA) is 58.9 Å². The highest BCUT2D eigenvalue weighted by Gasteiger charge is 2.61. The van der Waals surface area contributed by atoms with Crippen LogP contribution in [-0.2, 0) is 9.53 Å². The second-order valence-corrected chi connectivity index (χ2v) is 13.1. The molecule has 0 amide bonds. The molecule has 0 aromatic rings. The Morgan fingerprint density at radius 1 is 1.14 bits per heavy atom. The number of hydrogen-bond donors (Lipinski definition) is 1. The SMILES string of the molecule is CC[C@H](C=C[C@@H](C)[C@H]1CC[C@H]2[C@@H]3/C(=N\O)C=C4C[C@@H](OC(C)=O)CC[C@]4(C)[C@H]3CC[C@]12C)C(C)C. The Kier molecular flexibility index (Phi) is 7.61. The van der Waals surface area contributed by atoms with Crippen molar-refractivity contribution in [3.63, 3.8) is 0 Å². The molecule has 1 N–H and O–H groups in total. The molecule has 0 unspecified atom stereocenters. The Morgan fingerprint density at radius 3 is 2.51 bits per heavy atom. The van der Waals surface area contributed by atoms with E-state index in [1.54, 1.807) is 0 Å². The lowest BCUT2D eigenvalue weighted by Gasteiger charge is -2.58. The fourth-order valence-electron chi connectivity index (χ4n) is 9.01. The summed E-state index contributed by atoms with van der Waals surface area (Å²) in [5.41, 5.74) is 2.62. The first kappa shape index (κ1) is 26.5. The predicted octanol–water partition coefficient (Wildman–Crippen LogP) is 7.81. The highest BCUT2D eigenvalue weighted by Crippen LogP contribution is 2.66. The Hall–Kier alpha value is -1.58. The summed E-state index contributed by atoms with van der Waals surface area (Å²) in [6, 6.07) is 0. The molecule has 0 radical (unpaired) electrons. The monoisotopic (exact) mass is 483 g/mol. The van der Waals surface area contributed by atoms with Gasteiger partial charge in [-0.1, -0.05) is 64.4 Å². The zero-order valence-corrected chi connectivity index (χ0v) is 23.2. The molecular formula is C31H49NO3. The Morgan fingerprint density at radius 2 is 1.89 bits per heavy atom. The number of hydrogen-bond acceptors (Lipinski definition) is 4. The Balaban J connectivity index is 1.59. The van der Waals surface area contributed by atoms with E-state index in [2.05, 4.69) is 64.9 Å². The summed E-state index contributed by atoms with van der Waals surface area (Å²) in [6.07, 6.45) is 16.1. The molecule has 9 atom stereocenters. The van der Waals surface area contributed by atoms with Crippen LogP contribution in [0.1, 0.15) is 99.8 Å². The van der Waals surface area contributed by atoms with Crippen LogP contribution in [0.4, 0.5) is 0 Å². The van der Waals surface area contributed by atoms with E-state index in [4.69, 9.17) is 4.74 Å². The molecule has 0 aliphatic heterocycles. The number of oxime groups is 1. The molecule has 35 heavy (non-hydrogen) atoms. The molecule has 0 saturated heterocycles. The molecule has 4 aliphatic rings. The third-order valence-electron chi connectivity index (χ3n) is 11.1. The number of esters is 1. The van der Waals surface area contributed by atoms with E-state index in [-0.39, 0.29) is 22.9 Å². The van der Waals surface area contributed by atoms with Gasteiger partial charge in [-0.15, -0.1) is 0 Å². The van der Waals surface area contributed by atoms with Gasteiger partial charge in [-0.2, -0.15) is 0 Å². The van der Waals surface area contributed by atoms with E-state index in [0.29, 0.717) is 41.4 Å². The lowest BCUT2D eigenvalue weighted by molar-refractivity contribution is -0.148. The van der Waals surface area contributed by atoms with Gasteiger partial charge >= 0.3 is 5.97 Å². The van der Waals surface area contributed by atoms with Crippen molar-refractivity contribution in [1.29, 1.82) is 0 Å². The molecule has 0 aromatic heterocycles. The first-order valence-corrected chi connectivity index (χ1v) is 14.3. The van der Waals surface area contributed by atoms with Crippen molar-refractivity contribution in [2.24, 2.45) is 57.4 Å². The van der Waals surface area contributed by atoms with Gasteiger partial charge < -0.3 is 9.94 Å². The molecule has 196 valence electrons. The summed E-state index contributed by atoms with van der Waals surface area (Å²) in [5, 5.41) is 14.1. The first-order valence-electron chi connectivity index (χ1n) is 14.3. The van der Waals surface area contributed by atoms with Crippen LogP contribution in [0.3, 0.4) is 0 Å². The van der Waals surface area contributed by atoms with Gasteiger partial charge in [-0.25, -0.2) is 0 Å². The van der Waals surface area contributed by atoms with Crippen molar-refractivity contribution in [2.75, 3.05) is 0 Å².